The number of nitrogens with zero attached hydrogens (tertiary/aromatic N) is 1. The van der Waals surface area contributed by atoms with Crippen LogP contribution in [-0.2, 0) is 0 Å². The summed E-state index contributed by atoms with van der Waals surface area (Å²) in [6.45, 7) is 11.0. The van der Waals surface area contributed by atoms with Gasteiger partial charge < -0.3 is 5.32 Å². The molecule has 0 fully saturated rings. The van der Waals surface area contributed by atoms with Crippen LogP contribution in [0.3, 0.4) is 0 Å². The Morgan fingerprint density at radius 3 is 2.54 bits per heavy atom. The molecule has 0 bridgehead atoms. The first-order valence-electron chi connectivity index (χ1n) is 4.85. The van der Waals surface area contributed by atoms with E-state index in [1.54, 1.807) is 0 Å². The first-order chi connectivity index (χ1) is 5.85. The minimum absolute atomic E-state index is 0.122. The highest BCUT2D eigenvalue weighted by Crippen LogP contribution is 2.27. The fraction of sp³-hybridized carbons (Fsp3) is 0.900. The van der Waals surface area contributed by atoms with E-state index >= 15 is 0 Å². The van der Waals surface area contributed by atoms with Crippen LogP contribution in [0, 0.1) is 0 Å². The second-order valence-electron chi connectivity index (χ2n) is 4.88. The van der Waals surface area contributed by atoms with E-state index in [1.165, 1.54) is 0 Å². The highest BCUT2D eigenvalue weighted by molar-refractivity contribution is 8.14. The number of amidine groups is 1. The summed E-state index contributed by atoms with van der Waals surface area (Å²) in [4.78, 5) is 4.62. The minimum atomic E-state index is 0.122. The van der Waals surface area contributed by atoms with Gasteiger partial charge in [0.25, 0.3) is 0 Å². The Morgan fingerprint density at radius 1 is 1.54 bits per heavy atom. The molecule has 76 valence electrons. The van der Waals surface area contributed by atoms with Gasteiger partial charge in [-0.3, -0.25) is 4.99 Å². The third-order valence-electron chi connectivity index (χ3n) is 2.30. The summed E-state index contributed by atoms with van der Waals surface area (Å²) < 4.78 is 0. The molecule has 0 atom stereocenters. The maximum atomic E-state index is 4.62. The average molecular weight is 200 g/mol. The number of hydrogen-bond donors (Lipinski definition) is 1. The Kier molecular flexibility index (Phi) is 2.95. The summed E-state index contributed by atoms with van der Waals surface area (Å²) in [5.41, 5.74) is 0.295. The Labute approximate surface area is 85.6 Å². The number of thioether (sulfide) groups is 1. The van der Waals surface area contributed by atoms with Crippen molar-refractivity contribution in [2.24, 2.45) is 4.99 Å². The number of rotatable bonds is 2. The lowest BCUT2D eigenvalue weighted by molar-refractivity contribution is 0.446. The molecular formula is C10H20N2S. The Morgan fingerprint density at radius 2 is 2.15 bits per heavy atom. The van der Waals surface area contributed by atoms with Crippen molar-refractivity contribution in [2.75, 3.05) is 5.75 Å². The van der Waals surface area contributed by atoms with E-state index in [9.17, 15) is 0 Å². The summed E-state index contributed by atoms with van der Waals surface area (Å²) in [6, 6.07) is 0. The van der Waals surface area contributed by atoms with Crippen molar-refractivity contribution < 1.29 is 0 Å². The lowest BCUT2D eigenvalue weighted by Gasteiger charge is -2.25. The molecule has 1 aliphatic heterocycles. The fourth-order valence-electron chi connectivity index (χ4n) is 1.03. The van der Waals surface area contributed by atoms with E-state index in [1.807, 2.05) is 11.8 Å². The van der Waals surface area contributed by atoms with Crippen molar-refractivity contribution in [3.63, 3.8) is 0 Å². The summed E-state index contributed by atoms with van der Waals surface area (Å²) in [6.07, 6.45) is 1.12. The highest BCUT2D eigenvalue weighted by Gasteiger charge is 2.27. The Balaban J connectivity index is 2.57. The van der Waals surface area contributed by atoms with Gasteiger partial charge in [-0.15, -0.1) is 0 Å². The zero-order valence-electron chi connectivity index (χ0n) is 9.27. The molecule has 0 saturated carbocycles. The van der Waals surface area contributed by atoms with Crippen LogP contribution in [0.4, 0.5) is 0 Å². The zero-order chi connectivity index (χ0) is 10.1. The van der Waals surface area contributed by atoms with Gasteiger partial charge in [0, 0.05) is 11.3 Å². The van der Waals surface area contributed by atoms with Gasteiger partial charge in [-0.1, -0.05) is 18.7 Å². The third kappa shape index (κ3) is 3.22. The summed E-state index contributed by atoms with van der Waals surface area (Å²) in [5, 5.41) is 4.58. The van der Waals surface area contributed by atoms with Crippen LogP contribution in [0.15, 0.2) is 4.99 Å². The molecule has 3 heteroatoms. The molecule has 0 aromatic rings. The van der Waals surface area contributed by atoms with E-state index in [0.29, 0.717) is 0 Å². The molecule has 1 rings (SSSR count). The largest absolute Gasteiger partial charge is 0.360 e. The topological polar surface area (TPSA) is 24.4 Å². The normalized spacial score (nSPS) is 21.5. The summed E-state index contributed by atoms with van der Waals surface area (Å²) in [7, 11) is 0. The van der Waals surface area contributed by atoms with Gasteiger partial charge in [-0.2, -0.15) is 0 Å². The van der Waals surface area contributed by atoms with E-state index in [2.05, 4.69) is 44.9 Å². The summed E-state index contributed by atoms with van der Waals surface area (Å²) in [5.74, 6) is 1.09. The fourth-order valence-corrected chi connectivity index (χ4v) is 2.24. The SMILES string of the molecule is CCC(C)(C)NC1=NC(C)(C)CS1. The first kappa shape index (κ1) is 10.9. The molecule has 0 aromatic heterocycles. The van der Waals surface area contributed by atoms with Gasteiger partial charge >= 0.3 is 0 Å². The van der Waals surface area contributed by atoms with Gasteiger partial charge in [0.15, 0.2) is 5.17 Å². The quantitative estimate of drug-likeness (QED) is 0.741. The van der Waals surface area contributed by atoms with Gasteiger partial charge in [-0.25, -0.2) is 0 Å². The molecule has 0 unspecified atom stereocenters. The first-order valence-corrected chi connectivity index (χ1v) is 5.84. The van der Waals surface area contributed by atoms with Crippen molar-refractivity contribution >= 4 is 16.9 Å². The molecule has 1 heterocycles. The maximum absolute atomic E-state index is 4.62. The minimum Gasteiger partial charge on any atom is -0.360 e. The van der Waals surface area contributed by atoms with E-state index < -0.39 is 0 Å². The highest BCUT2D eigenvalue weighted by atomic mass is 32.2. The predicted molar refractivity (Wildman–Crippen MR) is 61.5 cm³/mol. The third-order valence-corrected chi connectivity index (χ3v) is 3.61. The lowest BCUT2D eigenvalue weighted by atomic mass is 10.0. The van der Waals surface area contributed by atoms with Crippen LogP contribution in [0.5, 0.6) is 0 Å². The molecule has 0 amide bonds. The van der Waals surface area contributed by atoms with Crippen molar-refractivity contribution in [3.8, 4) is 0 Å². The van der Waals surface area contributed by atoms with Gasteiger partial charge in [0.1, 0.15) is 0 Å². The molecule has 0 saturated heterocycles. The van der Waals surface area contributed by atoms with E-state index in [4.69, 9.17) is 0 Å². The molecule has 1 N–H and O–H groups in total. The number of aliphatic imine (C=N–C) groups is 1. The lowest BCUT2D eigenvalue weighted by Crippen LogP contribution is -2.41. The van der Waals surface area contributed by atoms with Crippen LogP contribution >= 0.6 is 11.8 Å². The molecule has 0 aromatic carbocycles. The van der Waals surface area contributed by atoms with Crippen molar-refractivity contribution in [1.82, 2.24) is 5.32 Å². The number of hydrogen-bond acceptors (Lipinski definition) is 3. The van der Waals surface area contributed by atoms with Crippen molar-refractivity contribution in [2.45, 2.75) is 52.1 Å². The van der Waals surface area contributed by atoms with Crippen LogP contribution in [-0.4, -0.2) is 22.0 Å². The van der Waals surface area contributed by atoms with Gasteiger partial charge in [0.2, 0.25) is 0 Å². The predicted octanol–water partition coefficient (Wildman–Crippen LogP) is 2.65. The molecule has 2 nitrogen and oxygen atoms in total. The van der Waals surface area contributed by atoms with E-state index in [0.717, 1.165) is 17.3 Å². The zero-order valence-corrected chi connectivity index (χ0v) is 10.1. The molecular weight excluding hydrogens is 180 g/mol. The van der Waals surface area contributed by atoms with E-state index in [-0.39, 0.29) is 11.1 Å². The van der Waals surface area contributed by atoms with Crippen LogP contribution in [0.25, 0.3) is 0 Å². The molecule has 1 aliphatic rings. The maximum Gasteiger partial charge on any atom is 0.157 e. The van der Waals surface area contributed by atoms with Crippen molar-refractivity contribution in [3.05, 3.63) is 0 Å². The van der Waals surface area contributed by atoms with Crippen LogP contribution in [0.2, 0.25) is 0 Å². The van der Waals surface area contributed by atoms with Crippen molar-refractivity contribution in [1.29, 1.82) is 0 Å². The monoisotopic (exact) mass is 200 g/mol. The van der Waals surface area contributed by atoms with Gasteiger partial charge in [0.05, 0.1) is 5.54 Å². The smallest absolute Gasteiger partial charge is 0.157 e. The Hall–Kier alpha value is -0.180. The van der Waals surface area contributed by atoms with Crippen LogP contribution in [0.1, 0.15) is 41.0 Å². The molecule has 0 spiro atoms. The standard InChI is InChI=1S/C10H20N2S/c1-6-9(2,3)11-8-12-10(4,5)7-13-8/h6-7H2,1-5H3,(H,11,12). The average Bonchev–Trinajstić information content (AvgIpc) is 2.29. The van der Waals surface area contributed by atoms with Crippen LogP contribution < -0.4 is 5.32 Å². The van der Waals surface area contributed by atoms with Gasteiger partial charge in [-0.05, 0) is 34.1 Å². The summed E-state index contributed by atoms with van der Waals surface area (Å²) >= 11 is 1.83. The Bertz CT molecular complexity index is 219. The number of nitrogens with one attached hydrogen (secondary N) is 1. The molecule has 13 heavy (non-hydrogen) atoms. The second kappa shape index (κ2) is 3.52. The molecule has 0 aliphatic carbocycles. The molecule has 0 radical (unpaired) electrons. The second-order valence-corrected chi connectivity index (χ2v) is 5.84.